The molecule has 11 nitrogen and oxygen atoms in total. The van der Waals surface area contributed by atoms with Crippen LogP contribution in [-0.4, -0.2) is 36.4 Å². The number of aliphatic carboxylic acids is 1. The van der Waals surface area contributed by atoms with Crippen LogP contribution in [0.15, 0.2) is 66.7 Å². The summed E-state index contributed by atoms with van der Waals surface area (Å²) in [6.45, 7) is 3.19. The number of carboxylic acid groups (broad SMARTS) is 1. The van der Waals surface area contributed by atoms with Crippen LogP contribution < -0.4 is 60.7 Å². The summed E-state index contributed by atoms with van der Waals surface area (Å²) in [4.78, 5) is 47.4. The maximum Gasteiger partial charge on any atom is 1.00 e. The van der Waals surface area contributed by atoms with Crippen molar-refractivity contribution in [2.45, 2.75) is 32.7 Å². The van der Waals surface area contributed by atoms with Gasteiger partial charge in [0, 0.05) is 30.7 Å². The van der Waals surface area contributed by atoms with E-state index in [0.29, 0.717) is 33.9 Å². The van der Waals surface area contributed by atoms with Crippen molar-refractivity contribution in [1.29, 1.82) is 0 Å². The van der Waals surface area contributed by atoms with E-state index in [4.69, 9.17) is 4.74 Å². The second-order valence-corrected chi connectivity index (χ2v) is 8.60. The topological polar surface area (TPSA) is 180 Å². The van der Waals surface area contributed by atoms with Gasteiger partial charge in [-0.15, -0.1) is 0 Å². The van der Waals surface area contributed by atoms with Crippen LogP contribution in [0.5, 0.6) is 5.75 Å². The zero-order valence-electron chi connectivity index (χ0n) is 22.8. The Balaban J connectivity index is 0.00000400. The van der Waals surface area contributed by atoms with Gasteiger partial charge in [-0.25, -0.2) is 4.79 Å². The number of urea groups is 1. The number of rotatable bonds is 10. The van der Waals surface area contributed by atoms with Gasteiger partial charge in [-0.1, -0.05) is 36.4 Å². The summed E-state index contributed by atoms with van der Waals surface area (Å²) in [6, 6.07) is 17.8. The van der Waals surface area contributed by atoms with Gasteiger partial charge >= 0.3 is 35.6 Å². The van der Waals surface area contributed by atoms with Crippen LogP contribution in [0, 0.1) is 6.92 Å². The molecule has 0 saturated carbocycles. The first-order valence-electron chi connectivity index (χ1n) is 11.8. The Hall–Kier alpha value is -3.90. The number of nitrogens with one attached hydrogen (secondary N) is 4. The van der Waals surface area contributed by atoms with E-state index in [2.05, 4.69) is 21.3 Å². The molecule has 40 heavy (non-hydrogen) atoms. The number of carbonyl (C=O) groups is 4. The van der Waals surface area contributed by atoms with Crippen LogP contribution in [0.2, 0.25) is 0 Å². The van der Waals surface area contributed by atoms with Crippen molar-refractivity contribution in [2.24, 2.45) is 0 Å². The number of carboxylic acids is 1. The van der Waals surface area contributed by atoms with E-state index in [-0.39, 0.29) is 59.7 Å². The Labute approximate surface area is 254 Å². The second-order valence-electron chi connectivity index (χ2n) is 8.60. The number of ether oxygens (including phenoxy) is 1. The molecule has 12 heteroatoms. The molecule has 3 aromatic rings. The standard InChI is InChI=1S/C28H30N4O6.Na.H2O/c1-17-6-4-5-7-22(17)31-28(37)32-23-13-8-19(14-25(23)38-3)15-26(34)30-21-11-9-20(10-12-21)24(16-27(35)36)29-18(2)33;;/h4-14,24H,15-16H2,1-3H3,(H,29,33)(H,30,34)(H,35,36)(H2,31,32,37);;1H2/q;+1;/p-1/t24-;;/m1../s1. The minimum atomic E-state index is -1.29. The summed E-state index contributed by atoms with van der Waals surface area (Å²) in [7, 11) is 1.47. The molecule has 0 saturated heterocycles. The summed E-state index contributed by atoms with van der Waals surface area (Å²) in [6.07, 6.45) is -0.321. The van der Waals surface area contributed by atoms with Gasteiger partial charge in [0.2, 0.25) is 11.8 Å². The number of anilines is 3. The average Bonchev–Trinajstić information content (AvgIpc) is 2.86. The van der Waals surface area contributed by atoms with Crippen molar-refractivity contribution in [1.82, 2.24) is 5.32 Å². The van der Waals surface area contributed by atoms with Crippen LogP contribution in [0.25, 0.3) is 0 Å². The molecule has 1 atom stereocenters. The number of benzene rings is 3. The smallest absolute Gasteiger partial charge is 0.550 e. The Kier molecular flexibility index (Phi) is 13.9. The van der Waals surface area contributed by atoms with Gasteiger partial charge in [-0.2, -0.15) is 0 Å². The van der Waals surface area contributed by atoms with Crippen molar-refractivity contribution >= 4 is 40.9 Å². The number of para-hydroxylation sites is 1. The minimum Gasteiger partial charge on any atom is -0.550 e. The summed E-state index contributed by atoms with van der Waals surface area (Å²) in [5, 5.41) is 21.9. The molecule has 0 unspecified atom stereocenters. The quantitative estimate of drug-likeness (QED) is 0.239. The van der Waals surface area contributed by atoms with Crippen LogP contribution in [-0.2, 0) is 20.8 Å². The molecule has 3 rings (SSSR count). The van der Waals surface area contributed by atoms with Crippen molar-refractivity contribution in [3.05, 3.63) is 83.4 Å². The molecule has 6 N–H and O–H groups in total. The molecular formula is C28H31N4NaO7. The number of carbonyl (C=O) groups excluding carboxylic acids is 4. The summed E-state index contributed by atoms with van der Waals surface area (Å²) >= 11 is 0. The minimum absolute atomic E-state index is 0. The van der Waals surface area contributed by atoms with Gasteiger partial charge < -0.3 is 41.4 Å². The summed E-state index contributed by atoms with van der Waals surface area (Å²) < 4.78 is 5.40. The number of hydrogen-bond acceptors (Lipinski definition) is 6. The summed E-state index contributed by atoms with van der Waals surface area (Å²) in [5.41, 5.74) is 3.81. The zero-order chi connectivity index (χ0) is 27.7. The second kappa shape index (κ2) is 16.3. The number of hydrogen-bond donors (Lipinski definition) is 4. The largest absolute Gasteiger partial charge is 1.00 e. The molecule has 0 aromatic heterocycles. The predicted octanol–water partition coefficient (Wildman–Crippen LogP) is -0.675. The van der Waals surface area contributed by atoms with E-state index >= 15 is 0 Å². The van der Waals surface area contributed by atoms with Gasteiger partial charge in [-0.3, -0.25) is 9.59 Å². The molecule has 0 aliphatic heterocycles. The van der Waals surface area contributed by atoms with E-state index in [1.807, 2.05) is 25.1 Å². The molecule has 0 heterocycles. The monoisotopic (exact) mass is 558 g/mol. The van der Waals surface area contributed by atoms with Crippen molar-refractivity contribution in [3.8, 4) is 5.75 Å². The fourth-order valence-corrected chi connectivity index (χ4v) is 3.79. The summed E-state index contributed by atoms with van der Waals surface area (Å²) in [5.74, 6) is -1.54. The Morgan fingerprint density at radius 2 is 1.55 bits per heavy atom. The molecule has 0 spiro atoms. The Morgan fingerprint density at radius 1 is 0.900 bits per heavy atom. The Bertz CT molecular complexity index is 1320. The molecule has 0 aliphatic rings. The van der Waals surface area contributed by atoms with Gasteiger partial charge in [0.1, 0.15) is 5.75 Å². The van der Waals surface area contributed by atoms with E-state index in [1.54, 1.807) is 48.5 Å². The first kappa shape index (κ1) is 34.1. The normalized spacial score (nSPS) is 10.6. The van der Waals surface area contributed by atoms with Crippen LogP contribution in [0.3, 0.4) is 0 Å². The maximum atomic E-state index is 12.6. The van der Waals surface area contributed by atoms with Crippen molar-refractivity contribution in [2.75, 3.05) is 23.1 Å². The molecule has 0 fully saturated rings. The van der Waals surface area contributed by atoms with E-state index in [0.717, 1.165) is 5.56 Å². The van der Waals surface area contributed by atoms with Crippen LogP contribution in [0.1, 0.15) is 36.1 Å². The van der Waals surface area contributed by atoms with E-state index < -0.39 is 18.0 Å². The van der Waals surface area contributed by atoms with E-state index in [9.17, 15) is 24.3 Å². The van der Waals surface area contributed by atoms with Gasteiger partial charge in [0.15, 0.2) is 0 Å². The third-order valence-corrected chi connectivity index (χ3v) is 5.62. The van der Waals surface area contributed by atoms with Crippen molar-refractivity contribution in [3.63, 3.8) is 0 Å². The van der Waals surface area contributed by atoms with E-state index in [1.165, 1.54) is 14.0 Å². The number of aryl methyl sites for hydroxylation is 1. The van der Waals surface area contributed by atoms with Gasteiger partial charge in [-0.05, 0) is 53.9 Å². The Morgan fingerprint density at radius 3 is 2.15 bits per heavy atom. The molecular weight excluding hydrogens is 527 g/mol. The third-order valence-electron chi connectivity index (χ3n) is 5.62. The van der Waals surface area contributed by atoms with Gasteiger partial charge in [0.05, 0.1) is 25.3 Å². The first-order chi connectivity index (χ1) is 18.1. The zero-order valence-corrected chi connectivity index (χ0v) is 24.8. The molecule has 206 valence electrons. The fourth-order valence-electron chi connectivity index (χ4n) is 3.79. The van der Waals surface area contributed by atoms with Crippen molar-refractivity contribution < 1.29 is 64.1 Å². The first-order valence-corrected chi connectivity index (χ1v) is 11.8. The van der Waals surface area contributed by atoms with Crippen LogP contribution in [0.4, 0.5) is 21.9 Å². The molecule has 4 amide bonds. The van der Waals surface area contributed by atoms with Gasteiger partial charge in [0.25, 0.3) is 0 Å². The molecule has 0 radical (unpaired) electrons. The fraction of sp³-hybridized carbons (Fsp3) is 0.214. The average molecular weight is 559 g/mol. The number of methoxy groups -OCH3 is 1. The SMILES string of the molecule is COc1cc(CC(=O)Nc2ccc([C@@H](CC(=O)[O-])NC(C)=O)cc2)ccc1NC(=O)Nc1ccccc1C.O.[Na+]. The molecule has 3 aromatic carbocycles. The molecule has 0 bridgehead atoms. The number of amides is 4. The maximum absolute atomic E-state index is 12.6. The predicted molar refractivity (Wildman–Crippen MR) is 145 cm³/mol. The molecule has 0 aliphatic carbocycles. The third kappa shape index (κ3) is 10.3. The van der Waals surface area contributed by atoms with Crippen LogP contribution >= 0.6 is 0 Å².